The minimum atomic E-state index is -0.436. The molecule has 0 unspecified atom stereocenters. The monoisotopic (exact) mass is 470 g/mol. The molecule has 0 radical (unpaired) electrons. The lowest BCUT2D eigenvalue weighted by Gasteiger charge is -2.35. The predicted molar refractivity (Wildman–Crippen MR) is 123 cm³/mol. The number of halogens is 1. The van der Waals surface area contributed by atoms with Crippen molar-refractivity contribution in [2.45, 2.75) is 20.5 Å². The van der Waals surface area contributed by atoms with Gasteiger partial charge in [0, 0.05) is 42.8 Å². The molecule has 1 saturated heterocycles. The number of aromatic nitrogens is 1. The van der Waals surface area contributed by atoms with Crippen molar-refractivity contribution >= 4 is 28.9 Å². The highest BCUT2D eigenvalue weighted by Gasteiger charge is 2.26. The Morgan fingerprint density at radius 3 is 2.45 bits per heavy atom. The van der Waals surface area contributed by atoms with Crippen LogP contribution in [-0.4, -0.2) is 47.1 Å². The third-order valence-corrected chi connectivity index (χ3v) is 5.94. The number of anilines is 1. The van der Waals surface area contributed by atoms with Crippen molar-refractivity contribution in [2.24, 2.45) is 0 Å². The summed E-state index contributed by atoms with van der Waals surface area (Å²) in [6.45, 7) is 5.95. The van der Waals surface area contributed by atoms with E-state index in [0.717, 1.165) is 17.0 Å². The van der Waals surface area contributed by atoms with E-state index in [0.29, 0.717) is 54.8 Å². The van der Waals surface area contributed by atoms with Crippen LogP contribution in [0.2, 0.25) is 5.02 Å². The Balaban J connectivity index is 1.36. The number of rotatable bonds is 6. The molecule has 0 N–H and O–H groups in total. The highest BCUT2D eigenvalue weighted by molar-refractivity contribution is 6.30. The van der Waals surface area contributed by atoms with E-state index in [-0.39, 0.29) is 11.6 Å². The van der Waals surface area contributed by atoms with Gasteiger partial charge in [-0.3, -0.25) is 14.9 Å². The molecular weight excluding hydrogens is 448 g/mol. The van der Waals surface area contributed by atoms with Crippen molar-refractivity contribution < 1.29 is 19.0 Å². The zero-order chi connectivity index (χ0) is 23.5. The lowest BCUT2D eigenvalue weighted by atomic mass is 10.1. The molecule has 2 aromatic carbocycles. The van der Waals surface area contributed by atoms with E-state index < -0.39 is 4.92 Å². The zero-order valence-corrected chi connectivity index (χ0v) is 19.0. The molecule has 1 aliphatic heterocycles. The van der Waals surface area contributed by atoms with Crippen molar-refractivity contribution in [3.63, 3.8) is 0 Å². The van der Waals surface area contributed by atoms with E-state index in [4.69, 9.17) is 20.9 Å². The molecule has 3 aromatic rings. The van der Waals surface area contributed by atoms with Crippen LogP contribution in [0.25, 0.3) is 0 Å². The van der Waals surface area contributed by atoms with Gasteiger partial charge >= 0.3 is 0 Å². The number of nitro benzene ring substituents is 1. The van der Waals surface area contributed by atoms with Gasteiger partial charge in [0.1, 0.15) is 23.8 Å². The summed E-state index contributed by atoms with van der Waals surface area (Å²) < 4.78 is 10.9. The Kier molecular flexibility index (Phi) is 6.50. The van der Waals surface area contributed by atoms with Gasteiger partial charge in [-0.2, -0.15) is 0 Å². The molecule has 0 saturated carbocycles. The van der Waals surface area contributed by atoms with Crippen molar-refractivity contribution in [3.8, 4) is 5.75 Å². The highest BCUT2D eigenvalue weighted by Crippen LogP contribution is 2.31. The molecule has 0 aliphatic carbocycles. The molecule has 0 bridgehead atoms. The molecule has 9 nitrogen and oxygen atoms in total. The van der Waals surface area contributed by atoms with E-state index in [1.54, 1.807) is 41.3 Å². The minimum Gasteiger partial charge on any atom is -0.489 e. The van der Waals surface area contributed by atoms with Crippen molar-refractivity contribution in [1.29, 1.82) is 0 Å². The molecular formula is C23H23ClN4O5. The molecule has 4 rings (SSSR count). The molecule has 33 heavy (non-hydrogen) atoms. The zero-order valence-electron chi connectivity index (χ0n) is 18.3. The van der Waals surface area contributed by atoms with Gasteiger partial charge in [0.2, 0.25) is 0 Å². The van der Waals surface area contributed by atoms with E-state index in [2.05, 4.69) is 5.16 Å². The van der Waals surface area contributed by atoms with Crippen LogP contribution in [0.15, 0.2) is 47.0 Å². The molecule has 1 aromatic heterocycles. The normalized spacial score (nSPS) is 13.8. The summed E-state index contributed by atoms with van der Waals surface area (Å²) in [6, 6.07) is 11.6. The van der Waals surface area contributed by atoms with Crippen molar-refractivity contribution in [1.82, 2.24) is 10.1 Å². The number of carbonyl (C=O) groups excluding carboxylic acids is 1. The number of hydrogen-bond donors (Lipinski definition) is 0. The van der Waals surface area contributed by atoms with Crippen LogP contribution in [0.5, 0.6) is 5.75 Å². The molecule has 0 spiro atoms. The van der Waals surface area contributed by atoms with E-state index in [1.165, 1.54) is 6.07 Å². The molecule has 2 heterocycles. The van der Waals surface area contributed by atoms with E-state index in [9.17, 15) is 14.9 Å². The summed E-state index contributed by atoms with van der Waals surface area (Å²) in [5.41, 5.74) is 2.74. The SMILES string of the molecule is Cc1noc(C)c1COc1ccc(C(=O)N2CCN(c3ccc(Cl)cc3[N+](=O)[O-])CC2)cc1. The second-order valence-electron chi connectivity index (χ2n) is 7.79. The quantitative estimate of drug-likeness (QED) is 0.388. The van der Waals surface area contributed by atoms with Gasteiger partial charge in [-0.15, -0.1) is 0 Å². The van der Waals surface area contributed by atoms with E-state index in [1.807, 2.05) is 18.7 Å². The van der Waals surface area contributed by atoms with Gasteiger partial charge in [-0.25, -0.2) is 0 Å². The maximum atomic E-state index is 12.9. The van der Waals surface area contributed by atoms with Crippen LogP contribution in [-0.2, 0) is 6.61 Å². The fraction of sp³-hybridized carbons (Fsp3) is 0.304. The maximum absolute atomic E-state index is 12.9. The minimum absolute atomic E-state index is 0.0329. The number of ether oxygens (including phenoxy) is 1. The molecule has 172 valence electrons. The Morgan fingerprint density at radius 2 is 1.85 bits per heavy atom. The van der Waals surface area contributed by atoms with Gasteiger partial charge in [-0.05, 0) is 50.2 Å². The lowest BCUT2D eigenvalue weighted by molar-refractivity contribution is -0.384. The first-order valence-corrected chi connectivity index (χ1v) is 10.8. The first-order valence-electron chi connectivity index (χ1n) is 10.5. The molecule has 1 amide bonds. The topological polar surface area (TPSA) is 102 Å². The predicted octanol–water partition coefficient (Wildman–Crippen LogP) is 4.39. The fourth-order valence-corrected chi connectivity index (χ4v) is 3.97. The summed E-state index contributed by atoms with van der Waals surface area (Å²) in [5.74, 6) is 1.28. The van der Waals surface area contributed by atoms with Gasteiger partial charge < -0.3 is 19.1 Å². The van der Waals surface area contributed by atoms with Crippen LogP contribution in [0, 0.1) is 24.0 Å². The summed E-state index contributed by atoms with van der Waals surface area (Å²) in [4.78, 5) is 27.5. The summed E-state index contributed by atoms with van der Waals surface area (Å²) in [7, 11) is 0. The average Bonchev–Trinajstić information content (AvgIpc) is 3.14. The Bertz CT molecular complexity index is 1150. The van der Waals surface area contributed by atoms with Crippen LogP contribution < -0.4 is 9.64 Å². The number of aryl methyl sites for hydroxylation is 2. The second kappa shape index (κ2) is 9.50. The molecule has 1 fully saturated rings. The first kappa shape index (κ1) is 22.6. The number of benzene rings is 2. The van der Waals surface area contributed by atoms with Crippen molar-refractivity contribution in [3.05, 3.63) is 80.2 Å². The van der Waals surface area contributed by atoms with Gasteiger partial charge in [-0.1, -0.05) is 16.8 Å². The second-order valence-corrected chi connectivity index (χ2v) is 8.22. The highest BCUT2D eigenvalue weighted by atomic mass is 35.5. The van der Waals surface area contributed by atoms with Gasteiger partial charge in [0.05, 0.1) is 16.2 Å². The first-order chi connectivity index (χ1) is 15.8. The third kappa shape index (κ3) is 4.93. The number of piperazine rings is 1. The van der Waals surface area contributed by atoms with Crippen molar-refractivity contribution in [2.75, 3.05) is 31.1 Å². The summed E-state index contributed by atoms with van der Waals surface area (Å²) in [6.07, 6.45) is 0. The number of amides is 1. The van der Waals surface area contributed by atoms with Crippen LogP contribution in [0.3, 0.4) is 0 Å². The Morgan fingerprint density at radius 1 is 1.15 bits per heavy atom. The molecule has 1 aliphatic rings. The van der Waals surface area contributed by atoms with Crippen LogP contribution in [0.4, 0.5) is 11.4 Å². The van der Waals surface area contributed by atoms with E-state index >= 15 is 0 Å². The van der Waals surface area contributed by atoms with Gasteiger partial charge in [0.25, 0.3) is 11.6 Å². The fourth-order valence-electron chi connectivity index (χ4n) is 3.80. The number of carbonyl (C=O) groups is 1. The molecule has 10 heteroatoms. The summed E-state index contributed by atoms with van der Waals surface area (Å²) in [5, 5.41) is 15.6. The number of hydrogen-bond acceptors (Lipinski definition) is 7. The maximum Gasteiger partial charge on any atom is 0.294 e. The number of nitro groups is 1. The number of nitrogens with zero attached hydrogens (tertiary/aromatic N) is 4. The Labute approximate surface area is 195 Å². The summed E-state index contributed by atoms with van der Waals surface area (Å²) >= 11 is 5.91. The average molecular weight is 471 g/mol. The Hall–Kier alpha value is -3.59. The smallest absolute Gasteiger partial charge is 0.294 e. The van der Waals surface area contributed by atoms with Crippen LogP contribution in [0.1, 0.15) is 27.4 Å². The van der Waals surface area contributed by atoms with Gasteiger partial charge in [0.15, 0.2) is 0 Å². The standard InChI is InChI=1S/C23H23ClN4O5/c1-15-20(16(2)33-25-15)14-32-19-6-3-17(4-7-19)23(29)27-11-9-26(10-12-27)21-8-5-18(24)13-22(21)28(30)31/h3-8,13H,9-12,14H2,1-2H3. The lowest BCUT2D eigenvalue weighted by Crippen LogP contribution is -2.48. The third-order valence-electron chi connectivity index (χ3n) is 5.71. The molecule has 0 atom stereocenters. The largest absolute Gasteiger partial charge is 0.489 e. The van der Waals surface area contributed by atoms with Crippen LogP contribution >= 0.6 is 11.6 Å².